The highest BCUT2D eigenvalue weighted by atomic mass is 14.9. The molecule has 0 aromatic carbocycles. The molecular weight excluding hydrogens is 146 g/mol. The number of hydrogen-bond acceptors (Lipinski definition) is 1. The lowest BCUT2D eigenvalue weighted by Crippen LogP contribution is -2.21. The van der Waals surface area contributed by atoms with Crippen molar-refractivity contribution < 1.29 is 0 Å². The van der Waals surface area contributed by atoms with Crippen molar-refractivity contribution in [2.75, 3.05) is 13.1 Å². The second-order valence-corrected chi connectivity index (χ2v) is 3.74. The fourth-order valence-corrected chi connectivity index (χ4v) is 1.70. The molecule has 2 rings (SSSR count). The summed E-state index contributed by atoms with van der Waals surface area (Å²) in [6, 6.07) is 0. The average molecular weight is 168 g/mol. The van der Waals surface area contributed by atoms with Crippen LogP contribution in [0.1, 0.15) is 51.4 Å². The predicted molar refractivity (Wildman–Crippen MR) is 54.1 cm³/mol. The standard InChI is InChI=1S/C6H11.C5H11N/c2*1-2-4-6-5-3-1/h1H,2-6H2;6H,1-5H2. The van der Waals surface area contributed by atoms with Gasteiger partial charge in [-0.2, -0.15) is 0 Å². The molecule has 0 atom stereocenters. The number of rotatable bonds is 0. The van der Waals surface area contributed by atoms with E-state index in [1.54, 1.807) is 0 Å². The van der Waals surface area contributed by atoms with E-state index in [2.05, 4.69) is 11.7 Å². The minimum absolute atomic E-state index is 1.25. The van der Waals surface area contributed by atoms with E-state index >= 15 is 0 Å². The average Bonchev–Trinajstić information content (AvgIpc) is 2.24. The summed E-state index contributed by atoms with van der Waals surface area (Å²) in [6.45, 7) is 2.50. The zero-order chi connectivity index (χ0) is 8.49. The van der Waals surface area contributed by atoms with Crippen molar-refractivity contribution in [1.29, 1.82) is 0 Å². The molecule has 1 heterocycles. The molecular formula is C11H22N. The van der Waals surface area contributed by atoms with E-state index in [4.69, 9.17) is 0 Å². The summed E-state index contributed by atoms with van der Waals surface area (Å²) < 4.78 is 0. The van der Waals surface area contributed by atoms with Crippen molar-refractivity contribution in [2.45, 2.75) is 51.4 Å². The number of nitrogens with one attached hydrogen (secondary N) is 1. The van der Waals surface area contributed by atoms with Gasteiger partial charge in [-0.3, -0.25) is 0 Å². The van der Waals surface area contributed by atoms with Gasteiger partial charge in [-0.05, 0) is 32.4 Å². The Hall–Kier alpha value is -0.0400. The van der Waals surface area contributed by atoms with Gasteiger partial charge < -0.3 is 5.32 Å². The van der Waals surface area contributed by atoms with Crippen molar-refractivity contribution in [3.8, 4) is 0 Å². The maximum Gasteiger partial charge on any atom is -0.00489 e. The van der Waals surface area contributed by atoms with Crippen LogP contribution >= 0.6 is 0 Å². The molecule has 1 N–H and O–H groups in total. The SMILES string of the molecule is C1CCNCC1.[CH]1CCCCC1. The summed E-state index contributed by atoms with van der Waals surface area (Å²) in [5.74, 6) is 0. The Kier molecular flexibility index (Phi) is 6.36. The van der Waals surface area contributed by atoms with E-state index in [1.807, 2.05) is 0 Å². The van der Waals surface area contributed by atoms with Crippen molar-refractivity contribution in [2.24, 2.45) is 0 Å². The fourth-order valence-electron chi connectivity index (χ4n) is 1.70. The molecule has 0 unspecified atom stereocenters. The second kappa shape index (κ2) is 7.60. The molecule has 0 spiro atoms. The van der Waals surface area contributed by atoms with Crippen molar-refractivity contribution in [3.63, 3.8) is 0 Å². The highest BCUT2D eigenvalue weighted by Crippen LogP contribution is 2.14. The zero-order valence-corrected chi connectivity index (χ0v) is 8.15. The van der Waals surface area contributed by atoms with E-state index in [0.29, 0.717) is 0 Å². The van der Waals surface area contributed by atoms with Gasteiger partial charge in [0.15, 0.2) is 0 Å². The lowest BCUT2D eigenvalue weighted by Gasteiger charge is -2.08. The van der Waals surface area contributed by atoms with Gasteiger partial charge in [0.25, 0.3) is 0 Å². The molecule has 71 valence electrons. The molecule has 1 nitrogen and oxygen atoms in total. The normalized spacial score (nSPS) is 24.0. The first kappa shape index (κ1) is 10.0. The third-order valence-electron chi connectivity index (χ3n) is 2.52. The van der Waals surface area contributed by atoms with Crippen molar-refractivity contribution in [3.05, 3.63) is 6.42 Å². The Morgan fingerprint density at radius 2 is 1.25 bits per heavy atom. The number of piperidine rings is 1. The molecule has 1 aliphatic heterocycles. The Bertz CT molecular complexity index is 48.0. The van der Waals surface area contributed by atoms with E-state index in [0.717, 1.165) is 0 Å². The largest absolute Gasteiger partial charge is 0.317 e. The van der Waals surface area contributed by atoms with Gasteiger partial charge in [0, 0.05) is 0 Å². The molecule has 2 fully saturated rings. The van der Waals surface area contributed by atoms with Crippen LogP contribution in [-0.2, 0) is 0 Å². The van der Waals surface area contributed by atoms with Gasteiger partial charge >= 0.3 is 0 Å². The molecule has 0 aromatic heterocycles. The summed E-state index contributed by atoms with van der Waals surface area (Å²) in [6.07, 6.45) is 13.7. The second-order valence-electron chi connectivity index (χ2n) is 3.74. The molecule has 2 aliphatic rings. The van der Waals surface area contributed by atoms with Gasteiger partial charge in [0.05, 0.1) is 0 Å². The first-order valence-electron chi connectivity index (χ1n) is 5.52. The van der Waals surface area contributed by atoms with Crippen molar-refractivity contribution in [1.82, 2.24) is 5.32 Å². The lowest BCUT2D eigenvalue weighted by molar-refractivity contribution is 0.520. The Balaban J connectivity index is 0.000000120. The molecule has 1 saturated carbocycles. The van der Waals surface area contributed by atoms with Gasteiger partial charge in [-0.25, -0.2) is 0 Å². The minimum Gasteiger partial charge on any atom is -0.317 e. The monoisotopic (exact) mass is 168 g/mol. The smallest absolute Gasteiger partial charge is 0.00489 e. The van der Waals surface area contributed by atoms with Crippen LogP contribution in [0.2, 0.25) is 0 Å². The van der Waals surface area contributed by atoms with E-state index < -0.39 is 0 Å². The fraction of sp³-hybridized carbons (Fsp3) is 0.909. The maximum absolute atomic E-state index is 3.28. The van der Waals surface area contributed by atoms with E-state index in [1.165, 1.54) is 64.5 Å². The van der Waals surface area contributed by atoms with Crippen LogP contribution in [0.25, 0.3) is 0 Å². The lowest BCUT2D eigenvalue weighted by atomic mass is 10.0. The summed E-state index contributed by atoms with van der Waals surface area (Å²) in [5.41, 5.74) is 0. The Labute approximate surface area is 76.9 Å². The molecule has 1 heteroatoms. The third-order valence-corrected chi connectivity index (χ3v) is 2.52. The summed E-state index contributed by atoms with van der Waals surface area (Å²) in [5, 5.41) is 3.28. The zero-order valence-electron chi connectivity index (χ0n) is 8.15. The van der Waals surface area contributed by atoms with Crippen LogP contribution in [0, 0.1) is 6.42 Å². The van der Waals surface area contributed by atoms with Crippen LogP contribution in [-0.4, -0.2) is 13.1 Å². The maximum atomic E-state index is 3.28. The van der Waals surface area contributed by atoms with Crippen LogP contribution in [0.15, 0.2) is 0 Å². The van der Waals surface area contributed by atoms with Gasteiger partial charge in [0.2, 0.25) is 0 Å². The highest BCUT2D eigenvalue weighted by molar-refractivity contribution is 4.69. The topological polar surface area (TPSA) is 12.0 Å². The molecule has 12 heavy (non-hydrogen) atoms. The third kappa shape index (κ3) is 5.59. The van der Waals surface area contributed by atoms with E-state index in [9.17, 15) is 0 Å². The van der Waals surface area contributed by atoms with Gasteiger partial charge in [-0.1, -0.05) is 38.5 Å². The number of hydrogen-bond donors (Lipinski definition) is 1. The van der Waals surface area contributed by atoms with Crippen LogP contribution in [0.5, 0.6) is 0 Å². The molecule has 0 bridgehead atoms. The van der Waals surface area contributed by atoms with Crippen LogP contribution < -0.4 is 5.32 Å². The molecule has 0 amide bonds. The first-order valence-corrected chi connectivity index (χ1v) is 5.52. The quantitative estimate of drug-likeness (QED) is 0.586. The predicted octanol–water partition coefficient (Wildman–Crippen LogP) is 2.91. The van der Waals surface area contributed by atoms with Crippen LogP contribution in [0.3, 0.4) is 0 Å². The Morgan fingerprint density at radius 1 is 0.667 bits per heavy atom. The first-order chi connectivity index (χ1) is 6.00. The van der Waals surface area contributed by atoms with Gasteiger partial charge in [0.1, 0.15) is 0 Å². The summed E-state index contributed by atoms with van der Waals surface area (Å²) in [7, 11) is 0. The Morgan fingerprint density at radius 3 is 1.42 bits per heavy atom. The molecule has 1 radical (unpaired) electrons. The molecule has 1 saturated heterocycles. The molecule has 1 aliphatic carbocycles. The van der Waals surface area contributed by atoms with Gasteiger partial charge in [-0.15, -0.1) is 0 Å². The van der Waals surface area contributed by atoms with E-state index in [-0.39, 0.29) is 0 Å². The molecule has 0 aromatic rings. The summed E-state index contributed by atoms with van der Waals surface area (Å²) >= 11 is 0. The van der Waals surface area contributed by atoms with Crippen molar-refractivity contribution >= 4 is 0 Å². The minimum atomic E-state index is 1.25. The van der Waals surface area contributed by atoms with Crippen LogP contribution in [0.4, 0.5) is 0 Å². The summed E-state index contributed by atoms with van der Waals surface area (Å²) in [4.78, 5) is 0. The highest BCUT2D eigenvalue weighted by Gasteiger charge is 1.95.